The number of urea groups is 1. The average Bonchev–Trinajstić information content (AvgIpc) is 2.66. The van der Waals surface area contributed by atoms with Crippen molar-refractivity contribution in [3.63, 3.8) is 0 Å². The molecule has 0 unspecified atom stereocenters. The molecule has 0 aromatic heterocycles. The van der Waals surface area contributed by atoms with Gasteiger partial charge in [0.1, 0.15) is 5.75 Å². The molecule has 28 heavy (non-hydrogen) atoms. The fourth-order valence-corrected chi connectivity index (χ4v) is 2.31. The number of hydrogen-bond acceptors (Lipinski definition) is 4. The molecule has 7 nitrogen and oxygen atoms in total. The Morgan fingerprint density at radius 3 is 2.39 bits per heavy atom. The minimum absolute atomic E-state index is 0.0593. The van der Waals surface area contributed by atoms with Crippen LogP contribution < -0.4 is 20.1 Å². The van der Waals surface area contributed by atoms with Crippen molar-refractivity contribution in [2.24, 2.45) is 0 Å². The van der Waals surface area contributed by atoms with Crippen molar-refractivity contribution in [2.75, 3.05) is 33.1 Å². The van der Waals surface area contributed by atoms with Crippen LogP contribution in [0.1, 0.15) is 18.5 Å². The maximum atomic E-state index is 13.8. The molecule has 0 saturated heterocycles. The van der Waals surface area contributed by atoms with Crippen LogP contribution in [0.3, 0.4) is 0 Å². The fourth-order valence-electron chi connectivity index (χ4n) is 2.31. The number of nitrogens with one attached hydrogen (secondary N) is 2. The number of methoxy groups -OCH3 is 1. The van der Waals surface area contributed by atoms with Crippen LogP contribution in [-0.4, -0.2) is 44.7 Å². The highest BCUT2D eigenvalue weighted by atomic mass is 19.1. The molecule has 3 amide bonds. The molecule has 8 heteroatoms. The number of benzene rings is 2. The van der Waals surface area contributed by atoms with Gasteiger partial charge in [0.25, 0.3) is 5.91 Å². The number of nitrogens with zero attached hydrogens (tertiary/aromatic N) is 1. The lowest BCUT2D eigenvalue weighted by atomic mass is 10.1. The summed E-state index contributed by atoms with van der Waals surface area (Å²) < 4.78 is 24.1. The fraction of sp³-hybridized carbons (Fsp3) is 0.300. The van der Waals surface area contributed by atoms with Crippen LogP contribution in [0.2, 0.25) is 0 Å². The van der Waals surface area contributed by atoms with Crippen molar-refractivity contribution in [2.45, 2.75) is 13.0 Å². The zero-order chi connectivity index (χ0) is 20.7. The van der Waals surface area contributed by atoms with Gasteiger partial charge in [-0.05, 0) is 48.9 Å². The number of amides is 3. The Bertz CT molecular complexity index is 825. The smallest absolute Gasteiger partial charge is 0.319 e. The third-order valence-corrected chi connectivity index (χ3v) is 4.00. The van der Waals surface area contributed by atoms with Gasteiger partial charge in [0.2, 0.25) is 0 Å². The van der Waals surface area contributed by atoms with Crippen LogP contribution >= 0.6 is 0 Å². The van der Waals surface area contributed by atoms with E-state index in [0.29, 0.717) is 17.0 Å². The first-order chi connectivity index (χ1) is 13.3. The Morgan fingerprint density at radius 1 is 1.14 bits per heavy atom. The molecule has 1 atom stereocenters. The molecular weight excluding hydrogens is 365 g/mol. The summed E-state index contributed by atoms with van der Waals surface area (Å²) in [5, 5.41) is 5.43. The number of likely N-dealkylation sites (N-methyl/N-ethyl adjacent to an activating group) is 1. The summed E-state index contributed by atoms with van der Waals surface area (Å²) in [7, 11) is 4.70. The van der Waals surface area contributed by atoms with Crippen molar-refractivity contribution >= 4 is 17.6 Å². The van der Waals surface area contributed by atoms with Gasteiger partial charge in [-0.1, -0.05) is 6.07 Å². The highest BCUT2D eigenvalue weighted by Crippen LogP contribution is 2.22. The summed E-state index contributed by atoms with van der Waals surface area (Å²) in [6.45, 7) is 1.69. The Balaban J connectivity index is 1.88. The maximum Gasteiger partial charge on any atom is 0.319 e. The van der Waals surface area contributed by atoms with E-state index in [1.165, 1.54) is 24.1 Å². The highest BCUT2D eigenvalue weighted by molar-refractivity contribution is 5.89. The van der Waals surface area contributed by atoms with Gasteiger partial charge in [0.05, 0.1) is 13.2 Å². The first-order valence-corrected chi connectivity index (χ1v) is 8.64. The van der Waals surface area contributed by atoms with Crippen molar-refractivity contribution < 1.29 is 23.5 Å². The molecule has 0 aliphatic carbocycles. The second-order valence-electron chi connectivity index (χ2n) is 6.32. The second-order valence-corrected chi connectivity index (χ2v) is 6.32. The van der Waals surface area contributed by atoms with Gasteiger partial charge in [0.15, 0.2) is 18.2 Å². The Hall–Kier alpha value is -3.29. The standard InChI is InChI=1S/C20H24FN3O4/c1-13(14-5-10-18(27-4)17(21)11-14)22-20(26)23-15-6-8-16(9-7-15)28-12-19(25)24(2)3/h5-11,13H,12H2,1-4H3,(H2,22,23,26)/t13-/m1/s1. The van der Waals surface area contributed by atoms with E-state index in [9.17, 15) is 14.0 Å². The van der Waals surface area contributed by atoms with Crippen LogP contribution in [0.4, 0.5) is 14.9 Å². The lowest BCUT2D eigenvalue weighted by molar-refractivity contribution is -0.130. The highest BCUT2D eigenvalue weighted by Gasteiger charge is 2.12. The lowest BCUT2D eigenvalue weighted by Crippen LogP contribution is -2.31. The van der Waals surface area contributed by atoms with Crippen LogP contribution in [0.15, 0.2) is 42.5 Å². The zero-order valence-corrected chi connectivity index (χ0v) is 16.3. The van der Waals surface area contributed by atoms with Gasteiger partial charge in [-0.25, -0.2) is 9.18 Å². The van der Waals surface area contributed by atoms with Crippen molar-refractivity contribution in [3.05, 3.63) is 53.8 Å². The van der Waals surface area contributed by atoms with Crippen LogP contribution in [0.5, 0.6) is 11.5 Å². The first kappa shape index (κ1) is 21.0. The topological polar surface area (TPSA) is 79.9 Å². The lowest BCUT2D eigenvalue weighted by Gasteiger charge is -2.16. The van der Waals surface area contributed by atoms with E-state index in [4.69, 9.17) is 9.47 Å². The molecule has 150 valence electrons. The van der Waals surface area contributed by atoms with E-state index in [0.717, 1.165) is 0 Å². The van der Waals surface area contributed by atoms with E-state index in [-0.39, 0.29) is 18.3 Å². The second kappa shape index (κ2) is 9.59. The van der Waals surface area contributed by atoms with E-state index >= 15 is 0 Å². The van der Waals surface area contributed by atoms with Gasteiger partial charge in [0, 0.05) is 19.8 Å². The predicted molar refractivity (Wildman–Crippen MR) is 104 cm³/mol. The van der Waals surface area contributed by atoms with E-state index in [2.05, 4.69) is 10.6 Å². The minimum atomic E-state index is -0.489. The summed E-state index contributed by atoms with van der Waals surface area (Å²) in [4.78, 5) is 25.1. The summed E-state index contributed by atoms with van der Waals surface area (Å²) in [6.07, 6.45) is 0. The van der Waals surface area contributed by atoms with E-state index < -0.39 is 17.9 Å². The molecule has 0 saturated carbocycles. The third kappa shape index (κ3) is 5.87. The Labute approximate surface area is 163 Å². The van der Waals surface area contributed by atoms with E-state index in [1.54, 1.807) is 51.4 Å². The number of carbonyl (C=O) groups excluding carboxylic acids is 2. The first-order valence-electron chi connectivity index (χ1n) is 8.64. The summed E-state index contributed by atoms with van der Waals surface area (Å²) in [5.74, 6) is 0.0288. The minimum Gasteiger partial charge on any atom is -0.494 e. The predicted octanol–water partition coefficient (Wildman–Crippen LogP) is 3.18. The van der Waals surface area contributed by atoms with Crippen molar-refractivity contribution in [3.8, 4) is 11.5 Å². The molecule has 0 fully saturated rings. The number of ether oxygens (including phenoxy) is 2. The molecule has 0 spiro atoms. The number of anilines is 1. The molecule has 0 heterocycles. The molecule has 2 N–H and O–H groups in total. The summed E-state index contributed by atoms with van der Waals surface area (Å²) in [5.41, 5.74) is 1.17. The molecule has 2 rings (SSSR count). The van der Waals surface area contributed by atoms with Crippen LogP contribution in [0, 0.1) is 5.82 Å². The van der Waals surface area contributed by atoms with Gasteiger partial charge in [-0.3, -0.25) is 4.79 Å². The summed E-state index contributed by atoms with van der Waals surface area (Å²) in [6, 6.07) is 10.3. The van der Waals surface area contributed by atoms with Gasteiger partial charge < -0.3 is 25.0 Å². The Morgan fingerprint density at radius 2 is 1.82 bits per heavy atom. The van der Waals surface area contributed by atoms with Gasteiger partial charge in [-0.15, -0.1) is 0 Å². The number of halogens is 1. The number of carbonyl (C=O) groups is 2. The van der Waals surface area contributed by atoms with Crippen LogP contribution in [0.25, 0.3) is 0 Å². The summed E-state index contributed by atoms with van der Waals surface area (Å²) >= 11 is 0. The maximum absolute atomic E-state index is 13.8. The number of rotatable bonds is 7. The zero-order valence-electron chi connectivity index (χ0n) is 16.3. The molecule has 2 aromatic carbocycles. The molecular formula is C20H24FN3O4. The molecule has 0 bridgehead atoms. The molecule has 0 radical (unpaired) electrons. The average molecular weight is 389 g/mol. The van der Waals surface area contributed by atoms with Crippen molar-refractivity contribution in [1.82, 2.24) is 10.2 Å². The van der Waals surface area contributed by atoms with Gasteiger partial charge in [-0.2, -0.15) is 0 Å². The number of hydrogen-bond donors (Lipinski definition) is 2. The third-order valence-electron chi connectivity index (χ3n) is 4.00. The van der Waals surface area contributed by atoms with Crippen molar-refractivity contribution in [1.29, 1.82) is 0 Å². The Kier molecular flexibility index (Phi) is 7.20. The largest absolute Gasteiger partial charge is 0.494 e. The molecule has 2 aromatic rings. The monoisotopic (exact) mass is 389 g/mol. The quantitative estimate of drug-likeness (QED) is 0.762. The SMILES string of the molecule is COc1ccc([C@@H](C)NC(=O)Nc2ccc(OCC(=O)N(C)C)cc2)cc1F. The van der Waals surface area contributed by atoms with E-state index in [1.807, 2.05) is 0 Å². The normalized spacial score (nSPS) is 11.3. The van der Waals surface area contributed by atoms with Gasteiger partial charge >= 0.3 is 6.03 Å². The molecule has 0 aliphatic rings. The van der Waals surface area contributed by atoms with Crippen LogP contribution in [-0.2, 0) is 4.79 Å². The molecule has 0 aliphatic heterocycles.